The molecule has 1 fully saturated rings. The lowest BCUT2D eigenvalue weighted by atomic mass is 10.2. The molecule has 0 aliphatic carbocycles. The predicted octanol–water partition coefficient (Wildman–Crippen LogP) is 2.19. The maximum absolute atomic E-state index is 5.59. The average Bonchev–Trinajstić information content (AvgIpc) is 2.88. The van der Waals surface area contributed by atoms with Crippen LogP contribution >= 0.6 is 0 Å². The summed E-state index contributed by atoms with van der Waals surface area (Å²) in [6, 6.07) is 0. The Bertz CT molecular complexity index is 329. The molecule has 0 spiro atoms. The Kier molecular flexibility index (Phi) is 3.83. The first kappa shape index (κ1) is 11.5. The highest BCUT2D eigenvalue weighted by molar-refractivity contribution is 5.28. The summed E-state index contributed by atoms with van der Waals surface area (Å²) in [5.74, 6) is 0.984. The number of hydrogen-bond acceptors (Lipinski definition) is 3. The maximum atomic E-state index is 5.59. The first-order chi connectivity index (χ1) is 7.79. The molecule has 2 rings (SSSR count). The Morgan fingerprint density at radius 1 is 1.62 bits per heavy atom. The summed E-state index contributed by atoms with van der Waals surface area (Å²) < 4.78 is 7.73. The van der Waals surface area contributed by atoms with Gasteiger partial charge in [-0.1, -0.05) is 0 Å². The minimum Gasteiger partial charge on any atom is -0.378 e. The molecule has 0 amide bonds. The van der Waals surface area contributed by atoms with Crippen LogP contribution in [0.3, 0.4) is 0 Å². The van der Waals surface area contributed by atoms with Crippen LogP contribution in [0, 0.1) is 6.92 Å². The quantitative estimate of drug-likeness (QED) is 0.831. The van der Waals surface area contributed by atoms with Crippen LogP contribution in [0.4, 0.5) is 5.95 Å². The van der Waals surface area contributed by atoms with Gasteiger partial charge in [0, 0.05) is 25.9 Å². The van der Waals surface area contributed by atoms with Crippen molar-refractivity contribution in [2.24, 2.45) is 0 Å². The van der Waals surface area contributed by atoms with Gasteiger partial charge < -0.3 is 14.6 Å². The average molecular weight is 223 g/mol. The molecule has 1 aromatic heterocycles. The van der Waals surface area contributed by atoms with E-state index in [1.165, 1.54) is 12.8 Å². The van der Waals surface area contributed by atoms with E-state index in [9.17, 15) is 0 Å². The third-order valence-corrected chi connectivity index (χ3v) is 3.01. The van der Waals surface area contributed by atoms with Gasteiger partial charge in [-0.2, -0.15) is 0 Å². The highest BCUT2D eigenvalue weighted by Gasteiger charge is 2.14. The SMILES string of the molecule is CCn1cc(C)nc1NCCC1CCCO1. The smallest absolute Gasteiger partial charge is 0.203 e. The molecule has 1 aromatic rings. The molecule has 0 bridgehead atoms. The maximum Gasteiger partial charge on any atom is 0.203 e. The summed E-state index contributed by atoms with van der Waals surface area (Å²) in [6.07, 6.45) is 6.04. The lowest BCUT2D eigenvalue weighted by Gasteiger charge is -2.11. The highest BCUT2D eigenvalue weighted by Crippen LogP contribution is 2.15. The fourth-order valence-electron chi connectivity index (χ4n) is 2.15. The van der Waals surface area contributed by atoms with Gasteiger partial charge in [0.05, 0.1) is 11.8 Å². The standard InChI is InChI=1S/C12H21N3O/c1-3-15-9-10(2)14-12(15)13-7-6-11-5-4-8-16-11/h9,11H,3-8H2,1-2H3,(H,13,14). The van der Waals surface area contributed by atoms with Gasteiger partial charge in [-0.05, 0) is 33.1 Å². The summed E-state index contributed by atoms with van der Waals surface area (Å²) in [4.78, 5) is 4.46. The van der Waals surface area contributed by atoms with E-state index in [1.54, 1.807) is 0 Å². The van der Waals surface area contributed by atoms with Crippen LogP contribution in [-0.2, 0) is 11.3 Å². The molecule has 4 heteroatoms. The van der Waals surface area contributed by atoms with Crippen molar-refractivity contribution >= 4 is 5.95 Å². The molecule has 0 saturated carbocycles. The van der Waals surface area contributed by atoms with Gasteiger partial charge in [0.25, 0.3) is 0 Å². The first-order valence-electron chi connectivity index (χ1n) is 6.19. The fourth-order valence-corrected chi connectivity index (χ4v) is 2.15. The molecule has 1 aliphatic rings. The lowest BCUT2D eigenvalue weighted by molar-refractivity contribution is 0.107. The van der Waals surface area contributed by atoms with E-state index in [1.807, 2.05) is 6.92 Å². The molecule has 1 atom stereocenters. The molecule has 1 aliphatic heterocycles. The van der Waals surface area contributed by atoms with Crippen molar-refractivity contribution in [3.05, 3.63) is 11.9 Å². The van der Waals surface area contributed by atoms with Crippen LogP contribution in [-0.4, -0.2) is 28.8 Å². The second-order valence-corrected chi connectivity index (χ2v) is 4.34. The number of imidazole rings is 1. The van der Waals surface area contributed by atoms with E-state index in [0.717, 1.165) is 37.8 Å². The minimum absolute atomic E-state index is 0.457. The number of rotatable bonds is 5. The second-order valence-electron chi connectivity index (χ2n) is 4.34. The molecule has 16 heavy (non-hydrogen) atoms. The summed E-state index contributed by atoms with van der Waals surface area (Å²) in [6.45, 7) is 7.00. The van der Waals surface area contributed by atoms with E-state index in [4.69, 9.17) is 4.74 Å². The van der Waals surface area contributed by atoms with E-state index in [-0.39, 0.29) is 0 Å². The molecule has 1 saturated heterocycles. The van der Waals surface area contributed by atoms with Gasteiger partial charge in [0.1, 0.15) is 0 Å². The van der Waals surface area contributed by atoms with Gasteiger partial charge in [-0.3, -0.25) is 0 Å². The van der Waals surface area contributed by atoms with Crippen molar-refractivity contribution in [2.45, 2.75) is 45.8 Å². The Balaban J connectivity index is 1.79. The Labute approximate surface area is 97.0 Å². The molecule has 0 radical (unpaired) electrons. The minimum atomic E-state index is 0.457. The largest absolute Gasteiger partial charge is 0.378 e. The zero-order valence-corrected chi connectivity index (χ0v) is 10.2. The topological polar surface area (TPSA) is 39.1 Å². The van der Waals surface area contributed by atoms with Gasteiger partial charge in [-0.25, -0.2) is 4.98 Å². The highest BCUT2D eigenvalue weighted by atomic mass is 16.5. The van der Waals surface area contributed by atoms with Crippen molar-refractivity contribution in [1.82, 2.24) is 9.55 Å². The monoisotopic (exact) mass is 223 g/mol. The number of anilines is 1. The normalized spacial score (nSPS) is 20.2. The summed E-state index contributed by atoms with van der Waals surface area (Å²) >= 11 is 0. The molecular formula is C12H21N3O. The Hall–Kier alpha value is -1.03. The zero-order valence-electron chi connectivity index (χ0n) is 10.2. The predicted molar refractivity (Wildman–Crippen MR) is 64.7 cm³/mol. The number of nitrogens with zero attached hydrogens (tertiary/aromatic N) is 2. The van der Waals surface area contributed by atoms with Crippen molar-refractivity contribution in [3.8, 4) is 0 Å². The third-order valence-electron chi connectivity index (χ3n) is 3.01. The van der Waals surface area contributed by atoms with Crippen molar-refractivity contribution in [1.29, 1.82) is 0 Å². The fraction of sp³-hybridized carbons (Fsp3) is 0.750. The number of nitrogens with one attached hydrogen (secondary N) is 1. The van der Waals surface area contributed by atoms with E-state index in [0.29, 0.717) is 6.10 Å². The lowest BCUT2D eigenvalue weighted by Crippen LogP contribution is -2.14. The first-order valence-corrected chi connectivity index (χ1v) is 6.19. The van der Waals surface area contributed by atoms with E-state index < -0.39 is 0 Å². The number of hydrogen-bond donors (Lipinski definition) is 1. The van der Waals surface area contributed by atoms with Crippen LogP contribution in [0.5, 0.6) is 0 Å². The molecule has 2 heterocycles. The third kappa shape index (κ3) is 2.76. The van der Waals surface area contributed by atoms with E-state index >= 15 is 0 Å². The van der Waals surface area contributed by atoms with Crippen LogP contribution in [0.25, 0.3) is 0 Å². The van der Waals surface area contributed by atoms with Crippen LogP contribution in [0.2, 0.25) is 0 Å². The number of aryl methyl sites for hydroxylation is 2. The summed E-state index contributed by atoms with van der Waals surface area (Å²) in [5.41, 5.74) is 1.07. The molecule has 0 aromatic carbocycles. The van der Waals surface area contributed by atoms with Gasteiger partial charge in [0.15, 0.2) is 0 Å². The molecule has 1 N–H and O–H groups in total. The van der Waals surface area contributed by atoms with Crippen molar-refractivity contribution in [3.63, 3.8) is 0 Å². The van der Waals surface area contributed by atoms with Crippen LogP contribution < -0.4 is 5.32 Å². The van der Waals surface area contributed by atoms with Gasteiger partial charge in [-0.15, -0.1) is 0 Å². The zero-order chi connectivity index (χ0) is 11.4. The van der Waals surface area contributed by atoms with Gasteiger partial charge in [0.2, 0.25) is 5.95 Å². The summed E-state index contributed by atoms with van der Waals surface area (Å²) in [7, 11) is 0. The van der Waals surface area contributed by atoms with Crippen molar-refractivity contribution < 1.29 is 4.74 Å². The van der Waals surface area contributed by atoms with Crippen LogP contribution in [0.15, 0.2) is 6.20 Å². The van der Waals surface area contributed by atoms with Crippen LogP contribution in [0.1, 0.15) is 31.9 Å². The molecule has 90 valence electrons. The Morgan fingerprint density at radius 3 is 3.19 bits per heavy atom. The molecule has 1 unspecified atom stereocenters. The van der Waals surface area contributed by atoms with Gasteiger partial charge >= 0.3 is 0 Å². The molecular weight excluding hydrogens is 202 g/mol. The molecule has 4 nitrogen and oxygen atoms in total. The second kappa shape index (κ2) is 5.34. The number of aromatic nitrogens is 2. The Morgan fingerprint density at radius 2 is 2.50 bits per heavy atom. The summed E-state index contributed by atoms with van der Waals surface area (Å²) in [5, 5.41) is 3.38. The number of ether oxygens (including phenoxy) is 1. The van der Waals surface area contributed by atoms with Crippen molar-refractivity contribution in [2.75, 3.05) is 18.5 Å². The van der Waals surface area contributed by atoms with E-state index in [2.05, 4.69) is 28.0 Å².